The van der Waals surface area contributed by atoms with Gasteiger partial charge in [-0.1, -0.05) is 13.8 Å². The minimum absolute atomic E-state index is 0.484. The molecule has 0 fully saturated rings. The van der Waals surface area contributed by atoms with Gasteiger partial charge in [0.25, 0.3) is 0 Å². The largest absolute Gasteiger partial charge is 0.390 e. The van der Waals surface area contributed by atoms with E-state index in [-0.39, 0.29) is 0 Å². The summed E-state index contributed by atoms with van der Waals surface area (Å²) in [6.07, 6.45) is 1.71. The number of nitrogens with zero attached hydrogens (tertiary/aromatic N) is 1. The highest BCUT2D eigenvalue weighted by Crippen LogP contribution is 2.14. The maximum atomic E-state index is 9.82. The maximum absolute atomic E-state index is 9.82. The van der Waals surface area contributed by atoms with Gasteiger partial charge in [0, 0.05) is 12.6 Å². The fourth-order valence-corrected chi connectivity index (χ4v) is 1.34. The lowest BCUT2D eigenvalue weighted by atomic mass is 9.99. The molecule has 0 saturated carbocycles. The topological polar surface area (TPSA) is 23.5 Å². The molecule has 0 heterocycles. The molecule has 0 aromatic heterocycles. The molecule has 0 aromatic rings. The van der Waals surface area contributed by atoms with Crippen LogP contribution < -0.4 is 0 Å². The molecule has 0 spiro atoms. The molecule has 2 nitrogen and oxygen atoms in total. The van der Waals surface area contributed by atoms with Crippen LogP contribution in [0.4, 0.5) is 0 Å². The molecule has 0 saturated heterocycles. The highest BCUT2D eigenvalue weighted by Gasteiger charge is 2.19. The van der Waals surface area contributed by atoms with Gasteiger partial charge in [-0.15, -0.1) is 0 Å². The molecular formula is C11H25NO. The van der Waals surface area contributed by atoms with Crippen molar-refractivity contribution in [1.29, 1.82) is 0 Å². The van der Waals surface area contributed by atoms with Gasteiger partial charge in [0.2, 0.25) is 0 Å². The predicted molar refractivity (Wildman–Crippen MR) is 57.9 cm³/mol. The van der Waals surface area contributed by atoms with E-state index < -0.39 is 5.60 Å². The predicted octanol–water partition coefficient (Wildman–Crippen LogP) is 2.27. The Bertz CT molecular complexity index is 132. The molecule has 2 heteroatoms. The van der Waals surface area contributed by atoms with E-state index in [9.17, 15) is 5.11 Å². The third kappa shape index (κ3) is 5.27. The average molecular weight is 187 g/mol. The van der Waals surface area contributed by atoms with E-state index in [1.165, 1.54) is 0 Å². The van der Waals surface area contributed by atoms with E-state index in [1.807, 2.05) is 13.8 Å². The molecule has 0 bridgehead atoms. The quantitative estimate of drug-likeness (QED) is 0.689. The highest BCUT2D eigenvalue weighted by atomic mass is 16.3. The maximum Gasteiger partial charge on any atom is 0.0629 e. The number of aliphatic hydroxyl groups is 1. The molecule has 0 aromatic carbocycles. The van der Waals surface area contributed by atoms with Crippen LogP contribution in [0.2, 0.25) is 0 Å². The standard InChI is InChI=1S/C11H25NO/c1-6-11(5,13)8-9-12(7-2)10(3)4/h10,13H,6-9H2,1-5H3. The van der Waals surface area contributed by atoms with Crippen LogP contribution >= 0.6 is 0 Å². The van der Waals surface area contributed by atoms with Gasteiger partial charge in [-0.2, -0.15) is 0 Å². The summed E-state index contributed by atoms with van der Waals surface area (Å²) >= 11 is 0. The van der Waals surface area contributed by atoms with Crippen LogP contribution in [0.5, 0.6) is 0 Å². The van der Waals surface area contributed by atoms with Gasteiger partial charge in [0.1, 0.15) is 0 Å². The van der Waals surface area contributed by atoms with Gasteiger partial charge in [-0.05, 0) is 40.2 Å². The fraction of sp³-hybridized carbons (Fsp3) is 1.00. The lowest BCUT2D eigenvalue weighted by Gasteiger charge is -2.29. The van der Waals surface area contributed by atoms with Crippen molar-refractivity contribution in [3.05, 3.63) is 0 Å². The molecular weight excluding hydrogens is 162 g/mol. The van der Waals surface area contributed by atoms with Crippen molar-refractivity contribution in [3.8, 4) is 0 Å². The third-order valence-electron chi connectivity index (χ3n) is 2.84. The third-order valence-corrected chi connectivity index (χ3v) is 2.84. The van der Waals surface area contributed by atoms with Crippen LogP contribution in [0.25, 0.3) is 0 Å². The molecule has 13 heavy (non-hydrogen) atoms. The second kappa shape index (κ2) is 5.61. The van der Waals surface area contributed by atoms with E-state index >= 15 is 0 Å². The van der Waals surface area contributed by atoms with E-state index in [2.05, 4.69) is 25.7 Å². The normalized spacial score (nSPS) is 16.6. The molecule has 1 N–H and O–H groups in total. The Morgan fingerprint density at radius 2 is 1.85 bits per heavy atom. The van der Waals surface area contributed by atoms with Crippen LogP contribution in [0, 0.1) is 0 Å². The van der Waals surface area contributed by atoms with E-state index in [0.29, 0.717) is 6.04 Å². The summed E-state index contributed by atoms with van der Waals surface area (Å²) in [4.78, 5) is 2.38. The summed E-state index contributed by atoms with van der Waals surface area (Å²) < 4.78 is 0. The monoisotopic (exact) mass is 187 g/mol. The first-order chi connectivity index (χ1) is 5.93. The van der Waals surface area contributed by atoms with Crippen molar-refractivity contribution in [1.82, 2.24) is 4.90 Å². The van der Waals surface area contributed by atoms with Gasteiger partial charge in [-0.25, -0.2) is 0 Å². The second-order valence-corrected chi connectivity index (χ2v) is 4.32. The second-order valence-electron chi connectivity index (χ2n) is 4.32. The summed E-state index contributed by atoms with van der Waals surface area (Å²) in [5.74, 6) is 0. The summed E-state index contributed by atoms with van der Waals surface area (Å²) in [6, 6.07) is 0.581. The molecule has 80 valence electrons. The molecule has 0 aliphatic heterocycles. The van der Waals surface area contributed by atoms with Crippen LogP contribution in [0.15, 0.2) is 0 Å². The number of rotatable bonds is 6. The zero-order valence-corrected chi connectivity index (χ0v) is 9.80. The van der Waals surface area contributed by atoms with Gasteiger partial charge in [0.15, 0.2) is 0 Å². The zero-order chi connectivity index (χ0) is 10.5. The Kier molecular flexibility index (Phi) is 5.57. The summed E-state index contributed by atoms with van der Waals surface area (Å²) in [5, 5.41) is 9.82. The zero-order valence-electron chi connectivity index (χ0n) is 9.80. The summed E-state index contributed by atoms with van der Waals surface area (Å²) in [6.45, 7) is 12.6. The molecule has 0 aliphatic rings. The van der Waals surface area contributed by atoms with Crippen molar-refractivity contribution < 1.29 is 5.11 Å². The minimum Gasteiger partial charge on any atom is -0.390 e. The van der Waals surface area contributed by atoms with Crippen molar-refractivity contribution in [3.63, 3.8) is 0 Å². The number of hydrogen-bond acceptors (Lipinski definition) is 2. The van der Waals surface area contributed by atoms with Crippen molar-refractivity contribution in [2.75, 3.05) is 13.1 Å². The number of hydrogen-bond donors (Lipinski definition) is 1. The molecule has 0 amide bonds. The highest BCUT2D eigenvalue weighted by molar-refractivity contribution is 4.73. The summed E-state index contributed by atoms with van der Waals surface area (Å²) in [7, 11) is 0. The Hall–Kier alpha value is -0.0800. The van der Waals surface area contributed by atoms with E-state index in [4.69, 9.17) is 0 Å². The molecule has 0 aliphatic carbocycles. The first kappa shape index (κ1) is 12.9. The lowest BCUT2D eigenvalue weighted by Crippen LogP contribution is -2.36. The SMILES string of the molecule is CCN(CCC(C)(O)CC)C(C)C. The van der Waals surface area contributed by atoms with Crippen molar-refractivity contribution >= 4 is 0 Å². The average Bonchev–Trinajstić information content (AvgIpc) is 2.05. The van der Waals surface area contributed by atoms with Crippen molar-refractivity contribution in [2.24, 2.45) is 0 Å². The Balaban J connectivity index is 3.85. The first-order valence-electron chi connectivity index (χ1n) is 5.39. The Morgan fingerprint density at radius 1 is 1.31 bits per heavy atom. The molecule has 0 rings (SSSR count). The van der Waals surface area contributed by atoms with Crippen LogP contribution in [-0.2, 0) is 0 Å². The van der Waals surface area contributed by atoms with Crippen LogP contribution in [-0.4, -0.2) is 34.7 Å². The van der Waals surface area contributed by atoms with Gasteiger partial charge < -0.3 is 10.0 Å². The van der Waals surface area contributed by atoms with Crippen LogP contribution in [0.3, 0.4) is 0 Å². The van der Waals surface area contributed by atoms with Crippen LogP contribution in [0.1, 0.15) is 47.5 Å². The van der Waals surface area contributed by atoms with Gasteiger partial charge >= 0.3 is 0 Å². The van der Waals surface area contributed by atoms with Crippen molar-refractivity contribution in [2.45, 2.75) is 59.1 Å². The first-order valence-corrected chi connectivity index (χ1v) is 5.39. The lowest BCUT2D eigenvalue weighted by molar-refractivity contribution is 0.0329. The Morgan fingerprint density at radius 3 is 2.15 bits per heavy atom. The van der Waals surface area contributed by atoms with Gasteiger partial charge in [-0.3, -0.25) is 0 Å². The molecule has 1 unspecified atom stereocenters. The Labute approximate surface area is 82.9 Å². The van der Waals surface area contributed by atoms with Gasteiger partial charge in [0.05, 0.1) is 5.60 Å². The minimum atomic E-state index is -0.484. The van der Waals surface area contributed by atoms with E-state index in [0.717, 1.165) is 25.9 Å². The molecule has 0 radical (unpaired) electrons. The summed E-state index contributed by atoms with van der Waals surface area (Å²) in [5.41, 5.74) is -0.484. The smallest absolute Gasteiger partial charge is 0.0629 e. The fourth-order valence-electron chi connectivity index (χ4n) is 1.34. The van der Waals surface area contributed by atoms with E-state index in [1.54, 1.807) is 0 Å². The molecule has 1 atom stereocenters.